The smallest absolute Gasteiger partial charge is 0.247 e. The molecule has 1 aliphatic heterocycles. The third-order valence-electron chi connectivity index (χ3n) is 5.82. The van der Waals surface area contributed by atoms with Crippen LogP contribution in [0.1, 0.15) is 5.56 Å². The summed E-state index contributed by atoms with van der Waals surface area (Å²) in [5, 5.41) is 7.27. The number of nitrogens with zero attached hydrogens (tertiary/aromatic N) is 4. The number of hydrogen-bond acceptors (Lipinski definition) is 5. The predicted molar refractivity (Wildman–Crippen MR) is 134 cm³/mol. The van der Waals surface area contributed by atoms with Gasteiger partial charge < -0.3 is 4.90 Å². The van der Waals surface area contributed by atoms with Crippen LogP contribution < -0.4 is 4.90 Å². The van der Waals surface area contributed by atoms with Gasteiger partial charge in [-0.05, 0) is 48.2 Å². The number of rotatable bonds is 5. The van der Waals surface area contributed by atoms with E-state index in [1.165, 1.54) is 11.3 Å². The normalized spacial score (nSPS) is 15.2. The summed E-state index contributed by atoms with van der Waals surface area (Å²) in [6.45, 7) is 4.03. The van der Waals surface area contributed by atoms with Gasteiger partial charge in [0.05, 0.1) is 16.8 Å². The Hall–Kier alpha value is -2.65. The van der Waals surface area contributed by atoms with Crippen LogP contribution in [-0.4, -0.2) is 48.7 Å². The number of benzene rings is 2. The molecule has 0 N–H and O–H groups in total. The van der Waals surface area contributed by atoms with E-state index in [0.717, 1.165) is 21.8 Å². The number of para-hydroxylation sites is 1. The van der Waals surface area contributed by atoms with Gasteiger partial charge in [0.1, 0.15) is 10.6 Å². The van der Waals surface area contributed by atoms with Crippen molar-refractivity contribution in [1.82, 2.24) is 14.1 Å². The maximum Gasteiger partial charge on any atom is 0.247 e. The predicted octanol–water partition coefficient (Wildman–Crippen LogP) is 5.07. The van der Waals surface area contributed by atoms with E-state index in [0.29, 0.717) is 36.9 Å². The molecule has 2 aromatic carbocycles. The Morgan fingerprint density at radius 1 is 0.970 bits per heavy atom. The number of aryl methyl sites for hydroxylation is 1. The molecular formula is C24H23ClN4O2S2. The van der Waals surface area contributed by atoms with Gasteiger partial charge in [-0.25, -0.2) is 13.1 Å². The molecule has 33 heavy (non-hydrogen) atoms. The molecule has 0 saturated carbocycles. The van der Waals surface area contributed by atoms with Crippen molar-refractivity contribution < 1.29 is 8.42 Å². The summed E-state index contributed by atoms with van der Waals surface area (Å²) < 4.78 is 30.7. The number of thiophene rings is 1. The Labute approximate surface area is 202 Å². The van der Waals surface area contributed by atoms with Crippen LogP contribution in [0.25, 0.3) is 16.3 Å². The van der Waals surface area contributed by atoms with Gasteiger partial charge in [-0.15, -0.1) is 11.3 Å². The molecule has 1 fully saturated rings. The molecule has 0 radical (unpaired) electrons. The number of anilines is 1. The highest BCUT2D eigenvalue weighted by molar-refractivity contribution is 7.89. The minimum Gasteiger partial charge on any atom is -0.369 e. The van der Waals surface area contributed by atoms with Crippen LogP contribution in [0.2, 0.25) is 5.02 Å². The minimum absolute atomic E-state index is 0.237. The Morgan fingerprint density at radius 3 is 2.42 bits per heavy atom. The van der Waals surface area contributed by atoms with E-state index in [4.69, 9.17) is 11.6 Å². The van der Waals surface area contributed by atoms with Crippen LogP contribution in [0.15, 0.2) is 77.1 Å². The van der Waals surface area contributed by atoms with Crippen molar-refractivity contribution in [2.75, 3.05) is 31.1 Å². The molecule has 9 heteroatoms. The summed E-state index contributed by atoms with van der Waals surface area (Å²) in [5.74, 6) is 0. The minimum atomic E-state index is -3.73. The monoisotopic (exact) mass is 498 g/mol. The van der Waals surface area contributed by atoms with Crippen LogP contribution in [-0.2, 0) is 10.0 Å². The maximum absolute atomic E-state index is 13.7. The molecular weight excluding hydrogens is 476 g/mol. The summed E-state index contributed by atoms with van der Waals surface area (Å²) in [6.07, 6.45) is 1.63. The summed E-state index contributed by atoms with van der Waals surface area (Å²) in [7, 11) is -3.73. The SMILES string of the molecule is Cc1ccc(Cl)cc1N1CCN(S(=O)(=O)c2cn(-c3ccccc3)nc2-c2cccs2)CC1. The molecule has 2 aromatic heterocycles. The first-order chi connectivity index (χ1) is 15.9. The van der Waals surface area contributed by atoms with Crippen molar-refractivity contribution >= 4 is 38.6 Å². The highest BCUT2D eigenvalue weighted by atomic mass is 35.5. The second-order valence-corrected chi connectivity index (χ2v) is 11.2. The van der Waals surface area contributed by atoms with Gasteiger partial charge in [-0.2, -0.15) is 9.40 Å². The molecule has 0 aliphatic carbocycles. The van der Waals surface area contributed by atoms with Crippen molar-refractivity contribution in [3.05, 3.63) is 82.8 Å². The molecule has 1 saturated heterocycles. The Balaban J connectivity index is 1.45. The number of aromatic nitrogens is 2. The van der Waals surface area contributed by atoms with Crippen LogP contribution in [0.3, 0.4) is 0 Å². The first kappa shape index (κ1) is 22.2. The van der Waals surface area contributed by atoms with Crippen molar-refractivity contribution in [1.29, 1.82) is 0 Å². The standard InChI is InChI=1S/C24H23ClN4O2S2/c1-18-9-10-19(25)16-21(18)27-11-13-28(14-12-27)33(30,31)23-17-29(20-6-3-2-4-7-20)26-24(23)22-8-5-15-32-22/h2-10,15-17H,11-14H2,1H3. The van der Waals surface area contributed by atoms with Gasteiger partial charge >= 0.3 is 0 Å². The first-order valence-electron chi connectivity index (χ1n) is 10.6. The number of halogens is 1. The molecule has 3 heterocycles. The van der Waals surface area contributed by atoms with E-state index in [1.54, 1.807) is 15.2 Å². The third-order valence-corrected chi connectivity index (χ3v) is 8.84. The summed E-state index contributed by atoms with van der Waals surface area (Å²) in [4.78, 5) is 3.26. The topological polar surface area (TPSA) is 58.4 Å². The lowest BCUT2D eigenvalue weighted by Gasteiger charge is -2.36. The molecule has 0 bridgehead atoms. The zero-order valence-corrected chi connectivity index (χ0v) is 20.4. The fourth-order valence-electron chi connectivity index (χ4n) is 4.08. The maximum atomic E-state index is 13.7. The van der Waals surface area contributed by atoms with Gasteiger partial charge in [0.25, 0.3) is 0 Å². The summed E-state index contributed by atoms with van der Waals surface area (Å²) in [6, 6.07) is 19.2. The largest absolute Gasteiger partial charge is 0.369 e. The lowest BCUT2D eigenvalue weighted by molar-refractivity contribution is 0.385. The molecule has 4 aromatic rings. The number of sulfonamides is 1. The van der Waals surface area contributed by atoms with E-state index >= 15 is 0 Å². The van der Waals surface area contributed by atoms with Gasteiger partial charge in [0, 0.05) is 36.9 Å². The van der Waals surface area contributed by atoms with Crippen molar-refractivity contribution in [2.24, 2.45) is 0 Å². The molecule has 0 atom stereocenters. The molecule has 0 amide bonds. The Kier molecular flexibility index (Phi) is 6.01. The lowest BCUT2D eigenvalue weighted by atomic mass is 10.1. The fourth-order valence-corrected chi connectivity index (χ4v) is 6.58. The molecule has 0 unspecified atom stereocenters. The average Bonchev–Trinajstić information content (AvgIpc) is 3.52. The summed E-state index contributed by atoms with van der Waals surface area (Å²) >= 11 is 7.68. The molecule has 5 rings (SSSR count). The highest BCUT2D eigenvalue weighted by Gasteiger charge is 2.33. The fraction of sp³-hybridized carbons (Fsp3) is 0.208. The van der Waals surface area contributed by atoms with Crippen LogP contribution in [0, 0.1) is 6.92 Å². The van der Waals surface area contributed by atoms with Crippen LogP contribution >= 0.6 is 22.9 Å². The van der Waals surface area contributed by atoms with Gasteiger partial charge in [-0.3, -0.25) is 0 Å². The van der Waals surface area contributed by atoms with E-state index in [-0.39, 0.29) is 4.90 Å². The van der Waals surface area contributed by atoms with Crippen LogP contribution in [0.4, 0.5) is 5.69 Å². The number of hydrogen-bond donors (Lipinski definition) is 0. The van der Waals surface area contributed by atoms with Crippen molar-refractivity contribution in [2.45, 2.75) is 11.8 Å². The molecule has 170 valence electrons. The van der Waals surface area contributed by atoms with Crippen molar-refractivity contribution in [3.63, 3.8) is 0 Å². The lowest BCUT2D eigenvalue weighted by Crippen LogP contribution is -2.48. The quantitative estimate of drug-likeness (QED) is 0.385. The van der Waals surface area contributed by atoms with Gasteiger partial charge in [0.15, 0.2) is 0 Å². The second kappa shape index (κ2) is 8.95. The molecule has 0 spiro atoms. The first-order valence-corrected chi connectivity index (χ1v) is 13.3. The number of piperazine rings is 1. The highest BCUT2D eigenvalue weighted by Crippen LogP contribution is 2.33. The van der Waals surface area contributed by atoms with Crippen molar-refractivity contribution in [3.8, 4) is 16.3 Å². The zero-order valence-electron chi connectivity index (χ0n) is 18.1. The second-order valence-electron chi connectivity index (χ2n) is 7.92. The average molecular weight is 499 g/mol. The summed E-state index contributed by atoms with van der Waals surface area (Å²) in [5.41, 5.74) is 3.48. The van der Waals surface area contributed by atoms with E-state index in [9.17, 15) is 8.42 Å². The van der Waals surface area contributed by atoms with Crippen LogP contribution in [0.5, 0.6) is 0 Å². The van der Waals surface area contributed by atoms with Gasteiger partial charge in [-0.1, -0.05) is 41.9 Å². The Bertz CT molecular complexity index is 1360. The zero-order chi connectivity index (χ0) is 23.0. The van der Waals surface area contributed by atoms with E-state index in [2.05, 4.69) is 10.00 Å². The van der Waals surface area contributed by atoms with E-state index < -0.39 is 10.0 Å². The Morgan fingerprint density at radius 2 is 1.73 bits per heavy atom. The van der Waals surface area contributed by atoms with Gasteiger partial charge in [0.2, 0.25) is 10.0 Å². The third kappa shape index (κ3) is 4.31. The molecule has 6 nitrogen and oxygen atoms in total. The van der Waals surface area contributed by atoms with E-state index in [1.807, 2.05) is 73.0 Å². The molecule has 1 aliphatic rings.